The predicted octanol–water partition coefficient (Wildman–Crippen LogP) is 2.49. The van der Waals surface area contributed by atoms with Crippen LogP contribution in [0, 0.1) is 11.7 Å². The molecule has 1 aliphatic heterocycles. The van der Waals surface area contributed by atoms with E-state index in [0.29, 0.717) is 19.0 Å². The van der Waals surface area contributed by atoms with Gasteiger partial charge in [0.2, 0.25) is 10.0 Å². The third-order valence-electron chi connectivity index (χ3n) is 3.80. The van der Waals surface area contributed by atoms with Gasteiger partial charge < -0.3 is 5.32 Å². The first kappa shape index (κ1) is 16.7. The van der Waals surface area contributed by atoms with Crippen LogP contribution in [-0.2, 0) is 10.0 Å². The number of nitrogens with zero attached hydrogens (tertiary/aromatic N) is 1. The third kappa shape index (κ3) is 3.94. The summed E-state index contributed by atoms with van der Waals surface area (Å²) in [6.07, 6.45) is 1.94. The lowest BCUT2D eigenvalue weighted by Gasteiger charge is -2.28. The van der Waals surface area contributed by atoms with Gasteiger partial charge in [-0.2, -0.15) is 4.31 Å². The summed E-state index contributed by atoms with van der Waals surface area (Å²) < 4.78 is 39.9. The molecular formula is C14H20ClFN2O2S. The molecule has 1 fully saturated rings. The zero-order chi connectivity index (χ0) is 15.5. The monoisotopic (exact) mass is 334 g/mol. The molecule has 7 heteroatoms. The average Bonchev–Trinajstić information content (AvgIpc) is 2.48. The summed E-state index contributed by atoms with van der Waals surface area (Å²) in [5.74, 6) is -0.256. The predicted molar refractivity (Wildman–Crippen MR) is 81.4 cm³/mol. The van der Waals surface area contributed by atoms with Gasteiger partial charge in [0.05, 0.1) is 9.92 Å². The maximum Gasteiger partial charge on any atom is 0.243 e. The number of rotatable bonds is 5. The molecule has 1 saturated heterocycles. The number of sulfonamides is 1. The Labute approximate surface area is 130 Å². The first-order valence-corrected chi connectivity index (χ1v) is 8.93. The first-order valence-electron chi connectivity index (χ1n) is 7.11. The molecule has 1 N–H and O–H groups in total. The highest BCUT2D eigenvalue weighted by Gasteiger charge is 2.27. The fraction of sp³-hybridized carbons (Fsp3) is 0.571. The number of nitrogens with one attached hydrogen (secondary N) is 1. The van der Waals surface area contributed by atoms with Crippen molar-refractivity contribution in [2.75, 3.05) is 26.2 Å². The van der Waals surface area contributed by atoms with Crippen LogP contribution in [0.4, 0.5) is 4.39 Å². The molecule has 21 heavy (non-hydrogen) atoms. The van der Waals surface area contributed by atoms with Crippen LogP contribution in [0.5, 0.6) is 0 Å². The van der Waals surface area contributed by atoms with Gasteiger partial charge in [-0.15, -0.1) is 0 Å². The van der Waals surface area contributed by atoms with Gasteiger partial charge in [-0.25, -0.2) is 12.8 Å². The molecule has 1 aromatic carbocycles. The Balaban J connectivity index is 2.19. The standard InChI is InChI=1S/C14H20ClFN2O2S/c1-2-18(10-11-5-7-17-8-6-11)21(19,20)12-3-4-14(16)13(15)9-12/h3-4,9,11,17H,2,5-8,10H2,1H3. The SMILES string of the molecule is CCN(CC1CCNCC1)S(=O)(=O)c1ccc(F)c(Cl)c1. The maximum atomic E-state index is 13.2. The third-order valence-corrected chi connectivity index (χ3v) is 6.03. The fourth-order valence-corrected chi connectivity index (χ4v) is 4.33. The Morgan fingerprint density at radius 1 is 1.38 bits per heavy atom. The quantitative estimate of drug-likeness (QED) is 0.900. The second-order valence-electron chi connectivity index (χ2n) is 5.22. The summed E-state index contributed by atoms with van der Waals surface area (Å²) in [6.45, 7) is 4.54. The Morgan fingerprint density at radius 2 is 2.05 bits per heavy atom. The molecule has 0 aromatic heterocycles. The van der Waals surface area contributed by atoms with Crippen molar-refractivity contribution in [3.63, 3.8) is 0 Å². The zero-order valence-corrected chi connectivity index (χ0v) is 13.6. The van der Waals surface area contributed by atoms with Crippen molar-refractivity contribution in [3.05, 3.63) is 29.0 Å². The van der Waals surface area contributed by atoms with Crippen LogP contribution in [0.1, 0.15) is 19.8 Å². The van der Waals surface area contributed by atoms with Crippen molar-refractivity contribution in [1.82, 2.24) is 9.62 Å². The molecule has 1 heterocycles. The Bertz CT molecular complexity index is 589. The first-order chi connectivity index (χ1) is 9.95. The van der Waals surface area contributed by atoms with Crippen LogP contribution in [0.15, 0.2) is 23.1 Å². The van der Waals surface area contributed by atoms with Crippen LogP contribution < -0.4 is 5.32 Å². The summed E-state index contributed by atoms with van der Waals surface area (Å²) in [5.41, 5.74) is 0. The van der Waals surface area contributed by atoms with Crippen molar-refractivity contribution in [2.24, 2.45) is 5.92 Å². The number of benzene rings is 1. The molecular weight excluding hydrogens is 315 g/mol. The topological polar surface area (TPSA) is 49.4 Å². The molecule has 0 saturated carbocycles. The minimum Gasteiger partial charge on any atom is -0.317 e. The van der Waals surface area contributed by atoms with Crippen molar-refractivity contribution in [3.8, 4) is 0 Å². The van der Waals surface area contributed by atoms with E-state index in [1.807, 2.05) is 6.92 Å². The van der Waals surface area contributed by atoms with Crippen molar-refractivity contribution in [1.29, 1.82) is 0 Å². The molecule has 2 rings (SSSR count). The second-order valence-corrected chi connectivity index (χ2v) is 7.57. The highest BCUT2D eigenvalue weighted by atomic mass is 35.5. The Kier molecular flexibility index (Phi) is 5.60. The Hall–Kier alpha value is -0.690. The highest BCUT2D eigenvalue weighted by molar-refractivity contribution is 7.89. The molecule has 1 aromatic rings. The van der Waals surface area contributed by atoms with Crippen LogP contribution >= 0.6 is 11.6 Å². The van der Waals surface area contributed by atoms with Gasteiger partial charge in [-0.3, -0.25) is 0 Å². The summed E-state index contributed by atoms with van der Waals surface area (Å²) in [7, 11) is -3.63. The average molecular weight is 335 g/mol. The summed E-state index contributed by atoms with van der Waals surface area (Å²) in [5, 5.41) is 3.09. The number of hydrogen-bond acceptors (Lipinski definition) is 3. The van der Waals surface area contributed by atoms with Crippen LogP contribution in [0.25, 0.3) is 0 Å². The van der Waals surface area contributed by atoms with Gasteiger partial charge in [0.15, 0.2) is 0 Å². The lowest BCUT2D eigenvalue weighted by Crippen LogP contribution is -2.39. The van der Waals surface area contributed by atoms with E-state index in [4.69, 9.17) is 11.6 Å². The highest BCUT2D eigenvalue weighted by Crippen LogP contribution is 2.24. The van der Waals surface area contributed by atoms with E-state index in [0.717, 1.165) is 32.0 Å². The van der Waals surface area contributed by atoms with E-state index in [2.05, 4.69) is 5.32 Å². The van der Waals surface area contributed by atoms with E-state index in [-0.39, 0.29) is 9.92 Å². The molecule has 0 aliphatic carbocycles. The number of hydrogen-bond donors (Lipinski definition) is 1. The molecule has 118 valence electrons. The summed E-state index contributed by atoms with van der Waals surface area (Å²) in [6, 6.07) is 3.53. The van der Waals surface area contributed by atoms with Crippen LogP contribution in [0.3, 0.4) is 0 Å². The molecule has 0 radical (unpaired) electrons. The molecule has 4 nitrogen and oxygen atoms in total. The van der Waals surface area contributed by atoms with E-state index in [1.54, 1.807) is 0 Å². The number of halogens is 2. The van der Waals surface area contributed by atoms with Gasteiger partial charge in [0.1, 0.15) is 5.82 Å². The summed E-state index contributed by atoms with van der Waals surface area (Å²) in [4.78, 5) is 0.0460. The normalized spacial score (nSPS) is 17.3. The molecule has 0 spiro atoms. The van der Waals surface area contributed by atoms with Gasteiger partial charge >= 0.3 is 0 Å². The van der Waals surface area contributed by atoms with Crippen molar-refractivity contribution >= 4 is 21.6 Å². The molecule has 0 unspecified atom stereocenters. The molecule has 0 atom stereocenters. The van der Waals surface area contributed by atoms with Gasteiger partial charge in [-0.1, -0.05) is 18.5 Å². The van der Waals surface area contributed by atoms with Crippen molar-refractivity contribution < 1.29 is 12.8 Å². The lowest BCUT2D eigenvalue weighted by atomic mass is 9.98. The largest absolute Gasteiger partial charge is 0.317 e. The van der Waals surface area contributed by atoms with Gasteiger partial charge in [0, 0.05) is 13.1 Å². The van der Waals surface area contributed by atoms with E-state index < -0.39 is 15.8 Å². The van der Waals surface area contributed by atoms with E-state index >= 15 is 0 Å². The van der Waals surface area contributed by atoms with Gasteiger partial charge in [-0.05, 0) is 50.0 Å². The fourth-order valence-electron chi connectivity index (χ4n) is 2.54. The molecule has 1 aliphatic rings. The summed E-state index contributed by atoms with van der Waals surface area (Å²) >= 11 is 5.69. The van der Waals surface area contributed by atoms with Crippen LogP contribution in [0.2, 0.25) is 5.02 Å². The number of piperidine rings is 1. The lowest BCUT2D eigenvalue weighted by molar-refractivity contribution is 0.294. The van der Waals surface area contributed by atoms with Gasteiger partial charge in [0.25, 0.3) is 0 Å². The van der Waals surface area contributed by atoms with Crippen molar-refractivity contribution in [2.45, 2.75) is 24.7 Å². The van der Waals surface area contributed by atoms with E-state index in [1.165, 1.54) is 16.4 Å². The second kappa shape index (κ2) is 7.05. The Morgan fingerprint density at radius 3 is 2.62 bits per heavy atom. The van der Waals surface area contributed by atoms with Crippen LogP contribution in [-0.4, -0.2) is 38.9 Å². The molecule has 0 amide bonds. The zero-order valence-electron chi connectivity index (χ0n) is 12.0. The van der Waals surface area contributed by atoms with E-state index in [9.17, 15) is 12.8 Å². The molecule has 0 bridgehead atoms. The minimum atomic E-state index is -3.63. The maximum absolute atomic E-state index is 13.2. The minimum absolute atomic E-state index is 0.0460. The smallest absolute Gasteiger partial charge is 0.243 e.